The number of carbonyl (C=O) groups excluding carboxylic acids is 3. The molecule has 0 aliphatic carbocycles. The molecule has 3 amide bonds. The maximum atomic E-state index is 13.5. The average molecular weight is 376 g/mol. The van der Waals surface area contributed by atoms with Crippen LogP contribution in [-0.2, 0) is 9.59 Å². The Morgan fingerprint density at radius 3 is 2.46 bits per heavy atom. The molecule has 2 N–H and O–H groups in total. The lowest BCUT2D eigenvalue weighted by molar-refractivity contribution is -0.126. The molecular formula is C18H15ClFN3O3. The van der Waals surface area contributed by atoms with Gasteiger partial charge in [0.05, 0.1) is 11.5 Å². The van der Waals surface area contributed by atoms with E-state index in [9.17, 15) is 18.8 Å². The number of amides is 3. The summed E-state index contributed by atoms with van der Waals surface area (Å²) in [4.78, 5) is 37.8. The van der Waals surface area contributed by atoms with Crippen LogP contribution in [0.3, 0.4) is 0 Å². The third-order valence-corrected chi connectivity index (χ3v) is 4.30. The zero-order valence-corrected chi connectivity index (χ0v) is 14.3. The Hall–Kier alpha value is -2.93. The molecule has 134 valence electrons. The molecule has 0 saturated carbocycles. The highest BCUT2D eigenvalue weighted by Crippen LogP contribution is 2.26. The summed E-state index contributed by atoms with van der Waals surface area (Å²) in [7, 11) is 0. The van der Waals surface area contributed by atoms with Gasteiger partial charge in [0, 0.05) is 23.7 Å². The molecule has 0 bridgehead atoms. The Balaban J connectivity index is 1.59. The molecule has 1 saturated heterocycles. The van der Waals surface area contributed by atoms with E-state index in [0.717, 1.165) is 6.07 Å². The summed E-state index contributed by atoms with van der Waals surface area (Å²) in [5, 5.41) is 0.547. The Labute approximate surface area is 153 Å². The van der Waals surface area contributed by atoms with Crippen molar-refractivity contribution >= 4 is 35.0 Å². The normalized spacial score (nSPS) is 16.5. The highest BCUT2D eigenvalue weighted by atomic mass is 35.5. The first-order valence-corrected chi connectivity index (χ1v) is 8.24. The minimum absolute atomic E-state index is 0.0179. The van der Waals surface area contributed by atoms with Gasteiger partial charge in [-0.05, 0) is 36.4 Å². The second-order valence-corrected chi connectivity index (χ2v) is 6.24. The molecule has 1 fully saturated rings. The second kappa shape index (κ2) is 7.53. The summed E-state index contributed by atoms with van der Waals surface area (Å²) in [5.74, 6) is -2.80. The molecule has 26 heavy (non-hydrogen) atoms. The van der Waals surface area contributed by atoms with Gasteiger partial charge in [-0.15, -0.1) is 0 Å². The summed E-state index contributed by atoms with van der Waals surface area (Å²) in [6, 6.07) is 12.1. The van der Waals surface area contributed by atoms with Crippen molar-refractivity contribution in [3.8, 4) is 0 Å². The number of rotatable bonds is 3. The number of hydrogen-bond donors (Lipinski definition) is 2. The van der Waals surface area contributed by atoms with Crippen molar-refractivity contribution < 1.29 is 18.8 Å². The van der Waals surface area contributed by atoms with Crippen molar-refractivity contribution in [1.82, 2.24) is 10.9 Å². The molecule has 0 spiro atoms. The highest BCUT2D eigenvalue weighted by molar-refractivity contribution is 6.30. The highest BCUT2D eigenvalue weighted by Gasteiger charge is 2.35. The molecule has 1 aliphatic heterocycles. The fourth-order valence-corrected chi connectivity index (χ4v) is 2.81. The molecular weight excluding hydrogens is 361 g/mol. The van der Waals surface area contributed by atoms with E-state index in [4.69, 9.17) is 11.6 Å². The summed E-state index contributed by atoms with van der Waals surface area (Å²) < 4.78 is 13.5. The number of carbonyl (C=O) groups is 3. The number of hydrazine groups is 1. The van der Waals surface area contributed by atoms with E-state index in [-0.39, 0.29) is 24.4 Å². The van der Waals surface area contributed by atoms with Crippen molar-refractivity contribution in [2.45, 2.75) is 6.42 Å². The lowest BCUT2D eigenvalue weighted by Crippen LogP contribution is -2.45. The van der Waals surface area contributed by atoms with Gasteiger partial charge < -0.3 is 4.90 Å². The lowest BCUT2D eigenvalue weighted by Gasteiger charge is -2.17. The minimum atomic E-state index is -0.768. The van der Waals surface area contributed by atoms with E-state index < -0.39 is 23.5 Å². The molecule has 1 atom stereocenters. The summed E-state index contributed by atoms with van der Waals surface area (Å²) in [6.07, 6.45) is 0.0179. The van der Waals surface area contributed by atoms with Gasteiger partial charge in [0.15, 0.2) is 0 Å². The molecule has 0 radical (unpaired) electrons. The van der Waals surface area contributed by atoms with Crippen LogP contribution in [0.25, 0.3) is 0 Å². The topological polar surface area (TPSA) is 78.5 Å². The number of anilines is 1. The van der Waals surface area contributed by atoms with E-state index in [2.05, 4.69) is 10.9 Å². The van der Waals surface area contributed by atoms with Crippen LogP contribution in [-0.4, -0.2) is 24.3 Å². The largest absolute Gasteiger partial charge is 0.312 e. The molecule has 1 aliphatic rings. The second-order valence-electron chi connectivity index (χ2n) is 5.81. The van der Waals surface area contributed by atoms with Gasteiger partial charge in [-0.25, -0.2) is 4.39 Å². The van der Waals surface area contributed by atoms with Gasteiger partial charge >= 0.3 is 0 Å². The smallest absolute Gasteiger partial charge is 0.272 e. The van der Waals surface area contributed by atoms with Gasteiger partial charge in [0.25, 0.3) is 5.91 Å². The number of hydrogen-bond acceptors (Lipinski definition) is 3. The predicted octanol–water partition coefficient (Wildman–Crippen LogP) is 2.29. The Morgan fingerprint density at radius 2 is 1.77 bits per heavy atom. The molecule has 0 unspecified atom stereocenters. The minimum Gasteiger partial charge on any atom is -0.312 e. The maximum Gasteiger partial charge on any atom is 0.272 e. The monoisotopic (exact) mass is 375 g/mol. The third kappa shape index (κ3) is 3.83. The van der Waals surface area contributed by atoms with Crippen LogP contribution in [0.4, 0.5) is 10.1 Å². The van der Waals surface area contributed by atoms with Crippen LogP contribution in [0.2, 0.25) is 5.02 Å². The molecule has 1 heterocycles. The SMILES string of the molecule is O=C(NNC(=O)[C@@H]1CC(=O)N(c2ccc(Cl)cc2)C1)c1ccccc1F. The van der Waals surface area contributed by atoms with Crippen LogP contribution in [0, 0.1) is 11.7 Å². The number of halogens is 2. The Bertz CT molecular complexity index is 857. The zero-order chi connectivity index (χ0) is 18.7. The quantitative estimate of drug-likeness (QED) is 0.808. The van der Waals surface area contributed by atoms with Gasteiger partial charge in [0.2, 0.25) is 11.8 Å². The van der Waals surface area contributed by atoms with Crippen LogP contribution < -0.4 is 15.8 Å². The van der Waals surface area contributed by atoms with Gasteiger partial charge in [-0.3, -0.25) is 25.2 Å². The van der Waals surface area contributed by atoms with Crippen LogP contribution >= 0.6 is 11.6 Å². The first kappa shape index (κ1) is 17.9. The van der Waals surface area contributed by atoms with Crippen molar-refractivity contribution in [1.29, 1.82) is 0 Å². The molecule has 8 heteroatoms. The van der Waals surface area contributed by atoms with Crippen molar-refractivity contribution in [3.05, 3.63) is 64.9 Å². The van der Waals surface area contributed by atoms with Crippen molar-refractivity contribution in [2.24, 2.45) is 5.92 Å². The molecule has 6 nitrogen and oxygen atoms in total. The van der Waals surface area contributed by atoms with Crippen molar-refractivity contribution in [3.63, 3.8) is 0 Å². The first-order valence-electron chi connectivity index (χ1n) is 7.86. The Kier molecular flexibility index (Phi) is 5.18. The third-order valence-electron chi connectivity index (χ3n) is 4.05. The number of nitrogens with one attached hydrogen (secondary N) is 2. The van der Waals surface area contributed by atoms with E-state index in [1.807, 2.05) is 0 Å². The number of nitrogens with zero attached hydrogens (tertiary/aromatic N) is 1. The standard InChI is InChI=1S/C18H15ClFN3O3/c19-12-5-7-13(8-6-12)23-10-11(9-16(23)24)17(25)21-22-18(26)14-3-1-2-4-15(14)20/h1-8,11H,9-10H2,(H,21,25)(H,22,26)/t11-/m1/s1. The fourth-order valence-electron chi connectivity index (χ4n) is 2.69. The summed E-state index contributed by atoms with van der Waals surface area (Å²) in [5.41, 5.74) is 4.88. The average Bonchev–Trinajstić information content (AvgIpc) is 3.02. The molecule has 0 aromatic heterocycles. The number of benzene rings is 2. The fraction of sp³-hybridized carbons (Fsp3) is 0.167. The lowest BCUT2D eigenvalue weighted by atomic mass is 10.1. The molecule has 2 aromatic carbocycles. The predicted molar refractivity (Wildman–Crippen MR) is 93.9 cm³/mol. The van der Waals surface area contributed by atoms with Crippen LogP contribution in [0.15, 0.2) is 48.5 Å². The zero-order valence-electron chi connectivity index (χ0n) is 13.5. The van der Waals surface area contributed by atoms with E-state index in [1.54, 1.807) is 24.3 Å². The summed E-state index contributed by atoms with van der Waals surface area (Å²) in [6.45, 7) is 0.182. The Morgan fingerprint density at radius 1 is 1.08 bits per heavy atom. The molecule has 2 aromatic rings. The maximum absolute atomic E-state index is 13.5. The van der Waals surface area contributed by atoms with Gasteiger partial charge in [-0.2, -0.15) is 0 Å². The summed E-state index contributed by atoms with van der Waals surface area (Å²) >= 11 is 5.83. The van der Waals surface area contributed by atoms with Gasteiger partial charge in [0.1, 0.15) is 5.82 Å². The van der Waals surface area contributed by atoms with Crippen LogP contribution in [0.1, 0.15) is 16.8 Å². The van der Waals surface area contributed by atoms with Crippen LogP contribution in [0.5, 0.6) is 0 Å². The van der Waals surface area contributed by atoms with E-state index >= 15 is 0 Å². The molecule has 3 rings (SSSR count). The van der Waals surface area contributed by atoms with E-state index in [1.165, 1.54) is 23.1 Å². The van der Waals surface area contributed by atoms with Crippen molar-refractivity contribution in [2.75, 3.05) is 11.4 Å². The van der Waals surface area contributed by atoms with E-state index in [0.29, 0.717) is 10.7 Å². The van der Waals surface area contributed by atoms with Gasteiger partial charge in [-0.1, -0.05) is 23.7 Å². The first-order chi connectivity index (χ1) is 12.5.